The summed E-state index contributed by atoms with van der Waals surface area (Å²) in [5.74, 6) is -3.00. The summed E-state index contributed by atoms with van der Waals surface area (Å²) < 4.78 is 0. The zero-order chi connectivity index (χ0) is 14.6. The first-order valence-corrected chi connectivity index (χ1v) is 5.01. The summed E-state index contributed by atoms with van der Waals surface area (Å²) in [6, 6.07) is 4.10. The molecule has 0 atom stereocenters. The van der Waals surface area contributed by atoms with Gasteiger partial charge < -0.3 is 15.5 Å². The summed E-state index contributed by atoms with van der Waals surface area (Å²) in [4.78, 5) is 31.4. The van der Waals surface area contributed by atoms with Crippen LogP contribution in [0.3, 0.4) is 0 Å². The van der Waals surface area contributed by atoms with E-state index in [1.807, 2.05) is 0 Å². The lowest BCUT2D eigenvalue weighted by Gasteiger charge is -2.07. The molecule has 0 aliphatic rings. The summed E-state index contributed by atoms with van der Waals surface area (Å²) in [5.41, 5.74) is -0.473. The van der Waals surface area contributed by atoms with Crippen LogP contribution in [-0.2, 0) is 9.59 Å². The highest BCUT2D eigenvalue weighted by Crippen LogP contribution is 2.26. The molecule has 1 rings (SSSR count). The van der Waals surface area contributed by atoms with Crippen molar-refractivity contribution >= 4 is 23.3 Å². The van der Waals surface area contributed by atoms with E-state index in [0.717, 1.165) is 0 Å². The van der Waals surface area contributed by atoms with Crippen LogP contribution in [-0.4, -0.2) is 27.1 Å². The van der Waals surface area contributed by atoms with Gasteiger partial charge in [-0.25, -0.2) is 9.59 Å². The van der Waals surface area contributed by atoms with Crippen molar-refractivity contribution in [2.45, 2.75) is 6.92 Å². The maximum atomic E-state index is 10.8. The van der Waals surface area contributed by atoms with Crippen LogP contribution in [0.5, 0.6) is 0 Å². The van der Waals surface area contributed by atoms with Gasteiger partial charge in [-0.2, -0.15) is 0 Å². The van der Waals surface area contributed by atoms with E-state index in [4.69, 9.17) is 10.2 Å². The molecule has 100 valence electrons. The van der Waals surface area contributed by atoms with E-state index in [1.54, 1.807) is 6.92 Å². The van der Waals surface area contributed by atoms with Gasteiger partial charge >= 0.3 is 11.9 Å². The number of carboxylic acid groups (broad SMARTS) is 2. The number of anilines is 1. The Kier molecular flexibility index (Phi) is 4.19. The van der Waals surface area contributed by atoms with Crippen molar-refractivity contribution < 1.29 is 24.7 Å². The molecule has 0 aliphatic heterocycles. The quantitative estimate of drug-likeness (QED) is 0.416. The van der Waals surface area contributed by atoms with E-state index in [-0.39, 0.29) is 11.4 Å². The maximum Gasteiger partial charge on any atom is 0.352 e. The van der Waals surface area contributed by atoms with Gasteiger partial charge in [0.2, 0.25) is 0 Å². The van der Waals surface area contributed by atoms with Crippen LogP contribution in [0, 0.1) is 17.0 Å². The lowest BCUT2D eigenvalue weighted by Crippen LogP contribution is -2.13. The number of carboxylic acids is 2. The van der Waals surface area contributed by atoms with Crippen LogP contribution in [0.2, 0.25) is 0 Å². The van der Waals surface area contributed by atoms with Crippen molar-refractivity contribution in [3.8, 4) is 0 Å². The largest absolute Gasteiger partial charge is 0.478 e. The Labute approximate surface area is 107 Å². The van der Waals surface area contributed by atoms with Gasteiger partial charge in [0.1, 0.15) is 11.4 Å². The number of carbonyl (C=O) groups is 2. The van der Waals surface area contributed by atoms with Gasteiger partial charge in [0.05, 0.1) is 11.0 Å². The first-order chi connectivity index (χ1) is 8.81. The molecule has 0 saturated carbocycles. The van der Waals surface area contributed by atoms with Gasteiger partial charge in [-0.05, 0) is 18.6 Å². The molecule has 0 aliphatic carbocycles. The molecule has 0 saturated heterocycles. The Morgan fingerprint density at radius 3 is 2.47 bits per heavy atom. The molecule has 0 bridgehead atoms. The average Bonchev–Trinajstić information content (AvgIpc) is 2.29. The number of nitrogens with zero attached hydrogens (tertiary/aromatic N) is 1. The zero-order valence-corrected chi connectivity index (χ0v) is 9.78. The number of hydrogen-bond donors (Lipinski definition) is 3. The molecular formula is C11H10N2O6. The molecule has 8 heteroatoms. The molecule has 0 unspecified atom stereocenters. The van der Waals surface area contributed by atoms with Crippen molar-refractivity contribution in [3.05, 3.63) is 45.6 Å². The summed E-state index contributed by atoms with van der Waals surface area (Å²) >= 11 is 0. The van der Waals surface area contributed by atoms with Crippen molar-refractivity contribution in [3.63, 3.8) is 0 Å². The Hall–Kier alpha value is -2.90. The lowest BCUT2D eigenvalue weighted by atomic mass is 10.2. The first-order valence-electron chi connectivity index (χ1n) is 5.01. The van der Waals surface area contributed by atoms with Gasteiger partial charge in [-0.3, -0.25) is 10.1 Å². The van der Waals surface area contributed by atoms with Crippen LogP contribution in [0.25, 0.3) is 0 Å². The fourth-order valence-corrected chi connectivity index (χ4v) is 1.32. The zero-order valence-electron chi connectivity index (χ0n) is 9.78. The summed E-state index contributed by atoms with van der Waals surface area (Å²) in [5, 5.41) is 30.4. The average molecular weight is 266 g/mol. The minimum absolute atomic E-state index is 0.0921. The number of hydrogen-bond acceptors (Lipinski definition) is 5. The second-order valence-electron chi connectivity index (χ2n) is 3.60. The van der Waals surface area contributed by atoms with E-state index < -0.39 is 22.6 Å². The predicted octanol–water partition coefficient (Wildman–Crippen LogP) is 1.37. The smallest absolute Gasteiger partial charge is 0.352 e. The number of rotatable bonds is 5. The van der Waals surface area contributed by atoms with E-state index in [1.165, 1.54) is 18.2 Å². The normalized spacial score (nSPS) is 10.9. The topological polar surface area (TPSA) is 130 Å². The summed E-state index contributed by atoms with van der Waals surface area (Å²) in [6.45, 7) is 1.64. The van der Waals surface area contributed by atoms with Gasteiger partial charge in [-0.1, -0.05) is 6.07 Å². The Morgan fingerprint density at radius 1 is 1.37 bits per heavy atom. The molecule has 0 heterocycles. The van der Waals surface area contributed by atoms with Crippen LogP contribution in [0.4, 0.5) is 11.4 Å². The monoisotopic (exact) mass is 266 g/mol. The van der Waals surface area contributed by atoms with Crippen LogP contribution < -0.4 is 5.32 Å². The molecule has 0 radical (unpaired) electrons. The molecule has 1 aromatic carbocycles. The molecule has 0 aromatic heterocycles. The number of nitro groups is 1. The minimum atomic E-state index is -1.53. The van der Waals surface area contributed by atoms with Crippen LogP contribution in [0.1, 0.15) is 5.56 Å². The highest BCUT2D eigenvalue weighted by atomic mass is 16.6. The number of benzene rings is 1. The fourth-order valence-electron chi connectivity index (χ4n) is 1.32. The maximum absolute atomic E-state index is 10.8. The third-order valence-corrected chi connectivity index (χ3v) is 2.12. The minimum Gasteiger partial charge on any atom is -0.478 e. The van der Waals surface area contributed by atoms with E-state index in [9.17, 15) is 19.7 Å². The second kappa shape index (κ2) is 5.63. The first kappa shape index (κ1) is 14.2. The van der Waals surface area contributed by atoms with Crippen LogP contribution in [0.15, 0.2) is 30.0 Å². The van der Waals surface area contributed by atoms with Crippen molar-refractivity contribution in [1.82, 2.24) is 0 Å². The Bertz CT molecular complexity index is 579. The standard InChI is InChI=1S/C11H10N2O6/c1-6-2-3-7(9(4-6)13(18)19)12-8(11(16)17)5-10(14)15/h2-5,12H,1H3,(H,14,15)(H,16,17). The Morgan fingerprint density at radius 2 is 2.00 bits per heavy atom. The number of aryl methyl sites for hydroxylation is 1. The summed E-state index contributed by atoms with van der Waals surface area (Å²) in [7, 11) is 0. The third kappa shape index (κ3) is 3.80. The van der Waals surface area contributed by atoms with Crippen molar-refractivity contribution in [2.75, 3.05) is 5.32 Å². The second-order valence-corrected chi connectivity index (χ2v) is 3.60. The van der Waals surface area contributed by atoms with Crippen LogP contribution >= 0.6 is 0 Å². The number of nitrogens with one attached hydrogen (secondary N) is 1. The Balaban J connectivity index is 3.20. The molecule has 8 nitrogen and oxygen atoms in total. The van der Waals surface area contributed by atoms with E-state index in [2.05, 4.69) is 5.32 Å². The van der Waals surface area contributed by atoms with Gasteiger partial charge in [0.15, 0.2) is 0 Å². The highest BCUT2D eigenvalue weighted by Gasteiger charge is 2.17. The molecule has 0 amide bonds. The molecule has 3 N–H and O–H groups in total. The molecule has 1 aromatic rings. The number of nitro benzene ring substituents is 1. The van der Waals surface area contributed by atoms with Crippen molar-refractivity contribution in [2.24, 2.45) is 0 Å². The molecule has 0 spiro atoms. The lowest BCUT2D eigenvalue weighted by molar-refractivity contribution is -0.384. The van der Waals surface area contributed by atoms with E-state index in [0.29, 0.717) is 11.6 Å². The van der Waals surface area contributed by atoms with E-state index >= 15 is 0 Å². The van der Waals surface area contributed by atoms with Gasteiger partial charge in [-0.15, -0.1) is 0 Å². The third-order valence-electron chi connectivity index (χ3n) is 2.12. The van der Waals surface area contributed by atoms with Crippen molar-refractivity contribution in [1.29, 1.82) is 0 Å². The molecule has 0 fully saturated rings. The fraction of sp³-hybridized carbons (Fsp3) is 0.0909. The molecule has 19 heavy (non-hydrogen) atoms. The van der Waals surface area contributed by atoms with Gasteiger partial charge in [0, 0.05) is 6.07 Å². The summed E-state index contributed by atoms with van der Waals surface area (Å²) in [6.07, 6.45) is 0.423. The highest BCUT2D eigenvalue weighted by molar-refractivity contribution is 5.97. The predicted molar refractivity (Wildman–Crippen MR) is 64.8 cm³/mol. The SMILES string of the molecule is Cc1ccc(NC(=CC(=O)O)C(=O)O)c([N+](=O)[O-])c1. The van der Waals surface area contributed by atoms with Gasteiger partial charge in [0.25, 0.3) is 5.69 Å². The molecular weight excluding hydrogens is 256 g/mol. The number of aliphatic carboxylic acids is 2.